The molecule has 108 valence electrons. The number of carbonyl (C=O) groups is 1. The molecule has 1 amide bonds. The van der Waals surface area contributed by atoms with Gasteiger partial charge in [0.2, 0.25) is 6.41 Å². The Labute approximate surface area is 130 Å². The summed E-state index contributed by atoms with van der Waals surface area (Å²) in [5.41, 5.74) is 4.95. The standard InChI is InChI=1S/C18H18ClNO/c1-12-10-13(6-8-17(12)19)14-7-9-18(20-11-21)16-5-3-2-4-15(14)16/h2-6,8,10-11,14,18H,7,9H2,1H3,(H,20,21)/t14-,18+/m0/s1. The number of hydrogen-bond acceptors (Lipinski definition) is 1. The topological polar surface area (TPSA) is 29.1 Å². The van der Waals surface area contributed by atoms with Crippen molar-refractivity contribution in [1.29, 1.82) is 0 Å². The molecule has 3 rings (SSSR count). The van der Waals surface area contributed by atoms with E-state index in [1.54, 1.807) is 0 Å². The third-order valence-electron chi connectivity index (χ3n) is 4.34. The molecule has 2 nitrogen and oxygen atoms in total. The van der Waals surface area contributed by atoms with E-state index in [0.29, 0.717) is 5.92 Å². The van der Waals surface area contributed by atoms with E-state index in [4.69, 9.17) is 11.6 Å². The van der Waals surface area contributed by atoms with Gasteiger partial charge in [-0.2, -0.15) is 0 Å². The Hall–Kier alpha value is -1.80. The minimum Gasteiger partial charge on any atom is -0.352 e. The van der Waals surface area contributed by atoms with Gasteiger partial charge in [0.1, 0.15) is 0 Å². The van der Waals surface area contributed by atoms with Crippen LogP contribution in [-0.4, -0.2) is 6.41 Å². The van der Waals surface area contributed by atoms with E-state index < -0.39 is 0 Å². The van der Waals surface area contributed by atoms with Crippen molar-refractivity contribution in [1.82, 2.24) is 5.32 Å². The van der Waals surface area contributed by atoms with E-state index in [0.717, 1.165) is 29.8 Å². The Morgan fingerprint density at radius 3 is 2.62 bits per heavy atom. The molecular formula is C18H18ClNO. The van der Waals surface area contributed by atoms with Gasteiger partial charge in [0.05, 0.1) is 6.04 Å². The summed E-state index contributed by atoms with van der Waals surface area (Å²) < 4.78 is 0. The van der Waals surface area contributed by atoms with E-state index in [1.807, 2.05) is 19.1 Å². The van der Waals surface area contributed by atoms with E-state index in [2.05, 4.69) is 35.6 Å². The lowest BCUT2D eigenvalue weighted by Crippen LogP contribution is -2.26. The number of nitrogens with one attached hydrogen (secondary N) is 1. The SMILES string of the molecule is Cc1cc([C@@H]2CC[C@@H](NC=O)c3ccccc32)ccc1Cl. The van der Waals surface area contributed by atoms with Crippen LogP contribution in [0.15, 0.2) is 42.5 Å². The largest absolute Gasteiger partial charge is 0.352 e. The molecule has 2 aromatic rings. The average Bonchev–Trinajstić information content (AvgIpc) is 2.51. The summed E-state index contributed by atoms with van der Waals surface area (Å²) in [6.07, 6.45) is 2.79. The molecule has 0 radical (unpaired) electrons. The molecular weight excluding hydrogens is 282 g/mol. The highest BCUT2D eigenvalue weighted by atomic mass is 35.5. The Balaban J connectivity index is 2.02. The molecule has 2 aromatic carbocycles. The second-order valence-corrected chi connectivity index (χ2v) is 6.01. The monoisotopic (exact) mass is 299 g/mol. The Morgan fingerprint density at radius 2 is 1.90 bits per heavy atom. The molecule has 2 atom stereocenters. The number of halogens is 1. The van der Waals surface area contributed by atoms with E-state index in [1.165, 1.54) is 16.7 Å². The maximum absolute atomic E-state index is 10.8. The van der Waals surface area contributed by atoms with Gasteiger partial charge in [0.25, 0.3) is 0 Å². The Morgan fingerprint density at radius 1 is 1.14 bits per heavy atom. The Bertz CT molecular complexity index is 668. The first-order valence-corrected chi connectivity index (χ1v) is 7.63. The van der Waals surface area contributed by atoms with Gasteiger partial charge in [-0.05, 0) is 48.1 Å². The van der Waals surface area contributed by atoms with Crippen LogP contribution in [0.5, 0.6) is 0 Å². The molecule has 0 heterocycles. The molecule has 0 saturated carbocycles. The summed E-state index contributed by atoms with van der Waals surface area (Å²) in [6.45, 7) is 2.04. The van der Waals surface area contributed by atoms with Crippen LogP contribution in [-0.2, 0) is 4.79 Å². The van der Waals surface area contributed by atoms with Crippen LogP contribution >= 0.6 is 11.6 Å². The van der Waals surface area contributed by atoms with Crippen LogP contribution in [0.4, 0.5) is 0 Å². The first-order chi connectivity index (χ1) is 10.2. The number of fused-ring (bicyclic) bond motifs is 1. The average molecular weight is 300 g/mol. The predicted octanol–water partition coefficient (Wildman–Crippen LogP) is 4.36. The number of rotatable bonds is 3. The molecule has 1 N–H and O–H groups in total. The minimum atomic E-state index is 0.128. The van der Waals surface area contributed by atoms with Crippen molar-refractivity contribution < 1.29 is 4.79 Å². The van der Waals surface area contributed by atoms with Crippen LogP contribution in [0, 0.1) is 6.92 Å². The van der Waals surface area contributed by atoms with Crippen molar-refractivity contribution in [3.05, 3.63) is 69.7 Å². The van der Waals surface area contributed by atoms with Gasteiger partial charge in [-0.1, -0.05) is 48.0 Å². The third kappa shape index (κ3) is 2.68. The number of benzene rings is 2. The van der Waals surface area contributed by atoms with Crippen LogP contribution in [0.25, 0.3) is 0 Å². The zero-order valence-electron chi connectivity index (χ0n) is 12.0. The van der Waals surface area contributed by atoms with E-state index in [9.17, 15) is 4.79 Å². The summed E-state index contributed by atoms with van der Waals surface area (Å²) >= 11 is 6.14. The van der Waals surface area contributed by atoms with Gasteiger partial charge in [-0.15, -0.1) is 0 Å². The number of aryl methyl sites for hydroxylation is 1. The van der Waals surface area contributed by atoms with Crippen LogP contribution in [0.3, 0.4) is 0 Å². The van der Waals surface area contributed by atoms with Gasteiger partial charge in [-0.3, -0.25) is 4.79 Å². The molecule has 0 unspecified atom stereocenters. The molecule has 0 bridgehead atoms. The van der Waals surface area contributed by atoms with Crippen molar-refractivity contribution in [2.45, 2.75) is 31.7 Å². The van der Waals surface area contributed by atoms with Crippen molar-refractivity contribution >= 4 is 18.0 Å². The fraction of sp³-hybridized carbons (Fsp3) is 0.278. The van der Waals surface area contributed by atoms with Gasteiger partial charge >= 0.3 is 0 Å². The zero-order valence-corrected chi connectivity index (χ0v) is 12.7. The lowest BCUT2D eigenvalue weighted by molar-refractivity contribution is -0.110. The van der Waals surface area contributed by atoms with E-state index in [-0.39, 0.29) is 6.04 Å². The molecule has 0 aliphatic heterocycles. The normalized spacial score (nSPS) is 20.7. The molecule has 0 saturated heterocycles. The van der Waals surface area contributed by atoms with Gasteiger partial charge in [0, 0.05) is 10.9 Å². The third-order valence-corrected chi connectivity index (χ3v) is 4.77. The molecule has 1 aliphatic rings. The van der Waals surface area contributed by atoms with Gasteiger partial charge in [-0.25, -0.2) is 0 Å². The fourth-order valence-corrected chi connectivity index (χ4v) is 3.39. The molecule has 3 heteroatoms. The van der Waals surface area contributed by atoms with Crippen LogP contribution in [0.1, 0.15) is 47.1 Å². The minimum absolute atomic E-state index is 0.128. The second-order valence-electron chi connectivity index (χ2n) is 5.60. The Kier molecular flexibility index (Phi) is 3.98. The molecule has 0 spiro atoms. The highest BCUT2D eigenvalue weighted by Crippen LogP contribution is 2.41. The van der Waals surface area contributed by atoms with Crippen molar-refractivity contribution in [2.24, 2.45) is 0 Å². The first-order valence-electron chi connectivity index (χ1n) is 7.25. The molecule has 0 fully saturated rings. The lowest BCUT2D eigenvalue weighted by atomic mass is 9.76. The first kappa shape index (κ1) is 14.2. The molecule has 21 heavy (non-hydrogen) atoms. The summed E-state index contributed by atoms with van der Waals surface area (Å²) in [5, 5.41) is 3.74. The summed E-state index contributed by atoms with van der Waals surface area (Å²) in [6, 6.07) is 14.8. The van der Waals surface area contributed by atoms with Crippen LogP contribution in [0.2, 0.25) is 5.02 Å². The van der Waals surface area contributed by atoms with Crippen molar-refractivity contribution in [2.75, 3.05) is 0 Å². The summed E-state index contributed by atoms with van der Waals surface area (Å²) in [7, 11) is 0. The number of carbonyl (C=O) groups excluding carboxylic acids is 1. The van der Waals surface area contributed by atoms with Gasteiger partial charge < -0.3 is 5.32 Å². The fourth-order valence-electron chi connectivity index (χ4n) is 3.28. The van der Waals surface area contributed by atoms with E-state index >= 15 is 0 Å². The van der Waals surface area contributed by atoms with Gasteiger partial charge in [0.15, 0.2) is 0 Å². The maximum Gasteiger partial charge on any atom is 0.207 e. The molecule has 0 aromatic heterocycles. The second kappa shape index (κ2) is 5.90. The highest BCUT2D eigenvalue weighted by Gasteiger charge is 2.27. The number of amides is 1. The summed E-state index contributed by atoms with van der Waals surface area (Å²) in [5.74, 6) is 0.377. The van der Waals surface area contributed by atoms with Crippen molar-refractivity contribution in [3.63, 3.8) is 0 Å². The van der Waals surface area contributed by atoms with Crippen LogP contribution < -0.4 is 5.32 Å². The maximum atomic E-state index is 10.8. The lowest BCUT2D eigenvalue weighted by Gasteiger charge is -2.31. The molecule has 1 aliphatic carbocycles. The highest BCUT2D eigenvalue weighted by molar-refractivity contribution is 6.31. The quantitative estimate of drug-likeness (QED) is 0.838. The summed E-state index contributed by atoms with van der Waals surface area (Å²) in [4.78, 5) is 10.8. The smallest absolute Gasteiger partial charge is 0.207 e. The van der Waals surface area contributed by atoms with Crippen molar-refractivity contribution in [3.8, 4) is 0 Å². The number of hydrogen-bond donors (Lipinski definition) is 1. The zero-order chi connectivity index (χ0) is 14.8. The predicted molar refractivity (Wildman–Crippen MR) is 85.6 cm³/mol.